The maximum Gasteiger partial charge on any atom is 0.102 e. The lowest BCUT2D eigenvalue weighted by Gasteiger charge is -2.29. The van der Waals surface area contributed by atoms with Crippen molar-refractivity contribution in [3.05, 3.63) is 34.4 Å². The molecule has 0 heterocycles. The zero-order chi connectivity index (χ0) is 11.8. The van der Waals surface area contributed by atoms with E-state index in [-0.39, 0.29) is 0 Å². The summed E-state index contributed by atoms with van der Waals surface area (Å²) in [6.07, 6.45) is 4.08. The van der Waals surface area contributed by atoms with E-state index in [0.29, 0.717) is 6.54 Å². The molecular formula is C14H21NO. The molecule has 1 aromatic rings. The quantitative estimate of drug-likeness (QED) is 0.711. The molecule has 1 aliphatic carbocycles. The fraction of sp³-hybridized carbons (Fsp3) is 0.571. The molecule has 1 aliphatic rings. The fourth-order valence-corrected chi connectivity index (χ4v) is 2.89. The molecule has 0 saturated heterocycles. The summed E-state index contributed by atoms with van der Waals surface area (Å²) in [5, 5.41) is 10.7. The van der Waals surface area contributed by atoms with Gasteiger partial charge in [0.15, 0.2) is 0 Å². The van der Waals surface area contributed by atoms with Crippen LogP contribution in [0.15, 0.2) is 12.1 Å². The molecule has 1 atom stereocenters. The molecule has 16 heavy (non-hydrogen) atoms. The summed E-state index contributed by atoms with van der Waals surface area (Å²) >= 11 is 0. The van der Waals surface area contributed by atoms with Gasteiger partial charge in [-0.15, -0.1) is 0 Å². The minimum absolute atomic E-state index is 0.324. The lowest BCUT2D eigenvalue weighted by Crippen LogP contribution is -2.36. The lowest BCUT2D eigenvalue weighted by atomic mass is 9.83. The normalized spacial score (nSPS) is 25.0. The van der Waals surface area contributed by atoms with Crippen LogP contribution in [0.5, 0.6) is 0 Å². The van der Waals surface area contributed by atoms with Gasteiger partial charge in [0.1, 0.15) is 5.60 Å². The summed E-state index contributed by atoms with van der Waals surface area (Å²) in [5.74, 6) is 0. The second-order valence-corrected chi connectivity index (χ2v) is 5.00. The van der Waals surface area contributed by atoms with Gasteiger partial charge in [-0.05, 0) is 61.8 Å². The van der Waals surface area contributed by atoms with E-state index in [1.807, 2.05) is 0 Å². The van der Waals surface area contributed by atoms with Crippen LogP contribution in [0.2, 0.25) is 0 Å². The van der Waals surface area contributed by atoms with Crippen molar-refractivity contribution >= 4 is 0 Å². The molecule has 0 radical (unpaired) electrons. The van der Waals surface area contributed by atoms with Gasteiger partial charge in [0, 0.05) is 6.54 Å². The summed E-state index contributed by atoms with van der Waals surface area (Å²) in [6, 6.07) is 4.25. The molecule has 2 nitrogen and oxygen atoms in total. The van der Waals surface area contributed by atoms with Crippen LogP contribution in [-0.4, -0.2) is 11.7 Å². The highest BCUT2D eigenvalue weighted by Crippen LogP contribution is 2.36. The van der Waals surface area contributed by atoms with Crippen molar-refractivity contribution in [3.63, 3.8) is 0 Å². The summed E-state index contributed by atoms with van der Waals surface area (Å²) in [5.41, 5.74) is 9.88. The highest BCUT2D eigenvalue weighted by Gasteiger charge is 2.33. The molecule has 0 aliphatic heterocycles. The van der Waals surface area contributed by atoms with Gasteiger partial charge in [-0.1, -0.05) is 12.1 Å². The Balaban J connectivity index is 2.65. The van der Waals surface area contributed by atoms with Crippen LogP contribution in [0.1, 0.15) is 41.5 Å². The van der Waals surface area contributed by atoms with E-state index in [9.17, 15) is 5.11 Å². The van der Waals surface area contributed by atoms with Crippen molar-refractivity contribution < 1.29 is 5.11 Å². The summed E-state index contributed by atoms with van der Waals surface area (Å²) in [4.78, 5) is 0. The van der Waals surface area contributed by atoms with Crippen molar-refractivity contribution in [1.29, 1.82) is 0 Å². The number of benzene rings is 1. The predicted octanol–water partition coefficient (Wildman–Crippen LogP) is 2.18. The van der Waals surface area contributed by atoms with Crippen molar-refractivity contribution in [1.82, 2.24) is 0 Å². The average Bonchev–Trinajstić information content (AvgIpc) is 2.45. The third-order valence-electron chi connectivity index (χ3n) is 3.83. The van der Waals surface area contributed by atoms with Crippen molar-refractivity contribution in [2.45, 2.75) is 45.1 Å². The Labute approximate surface area is 97.5 Å². The number of aliphatic hydroxyl groups is 1. The van der Waals surface area contributed by atoms with Gasteiger partial charge in [-0.3, -0.25) is 0 Å². The number of rotatable bonds is 1. The Morgan fingerprint density at radius 3 is 2.62 bits per heavy atom. The van der Waals surface area contributed by atoms with Crippen molar-refractivity contribution in [2.24, 2.45) is 5.73 Å². The fourth-order valence-electron chi connectivity index (χ4n) is 2.89. The van der Waals surface area contributed by atoms with E-state index in [0.717, 1.165) is 31.2 Å². The van der Waals surface area contributed by atoms with Gasteiger partial charge in [0.2, 0.25) is 0 Å². The lowest BCUT2D eigenvalue weighted by molar-refractivity contribution is 0.0356. The zero-order valence-corrected chi connectivity index (χ0v) is 10.2. The molecular weight excluding hydrogens is 198 g/mol. The Morgan fingerprint density at radius 2 is 1.94 bits per heavy atom. The molecule has 2 rings (SSSR count). The summed E-state index contributed by atoms with van der Waals surface area (Å²) in [7, 11) is 0. The van der Waals surface area contributed by atoms with Crippen LogP contribution < -0.4 is 5.73 Å². The van der Waals surface area contributed by atoms with Gasteiger partial charge in [-0.2, -0.15) is 0 Å². The number of fused-ring (bicyclic) bond motifs is 1. The van der Waals surface area contributed by atoms with E-state index in [1.54, 1.807) is 0 Å². The summed E-state index contributed by atoms with van der Waals surface area (Å²) in [6.45, 7) is 4.52. The van der Waals surface area contributed by atoms with Crippen LogP contribution >= 0.6 is 0 Å². The number of hydrogen-bond acceptors (Lipinski definition) is 2. The molecule has 0 amide bonds. The van der Waals surface area contributed by atoms with Crippen LogP contribution in [0, 0.1) is 13.8 Å². The third kappa shape index (κ3) is 1.76. The molecule has 3 N–H and O–H groups in total. The maximum atomic E-state index is 10.7. The average molecular weight is 219 g/mol. The van der Waals surface area contributed by atoms with E-state index in [2.05, 4.69) is 26.0 Å². The van der Waals surface area contributed by atoms with Gasteiger partial charge in [0.05, 0.1) is 0 Å². The van der Waals surface area contributed by atoms with Gasteiger partial charge in [-0.25, -0.2) is 0 Å². The van der Waals surface area contributed by atoms with Crippen LogP contribution in [0.3, 0.4) is 0 Å². The van der Waals surface area contributed by atoms with Crippen LogP contribution in [0.4, 0.5) is 0 Å². The monoisotopic (exact) mass is 219 g/mol. The smallest absolute Gasteiger partial charge is 0.102 e. The van der Waals surface area contributed by atoms with E-state index in [4.69, 9.17) is 5.73 Å². The van der Waals surface area contributed by atoms with Crippen LogP contribution in [0.25, 0.3) is 0 Å². The minimum Gasteiger partial charge on any atom is -0.384 e. The topological polar surface area (TPSA) is 46.2 Å². The minimum atomic E-state index is -0.804. The van der Waals surface area contributed by atoms with E-state index < -0.39 is 5.60 Å². The highest BCUT2D eigenvalue weighted by atomic mass is 16.3. The zero-order valence-electron chi connectivity index (χ0n) is 10.2. The SMILES string of the molecule is Cc1ccc(C)c2c1CCCCC2(O)CN. The first kappa shape index (κ1) is 11.6. The van der Waals surface area contributed by atoms with Gasteiger partial charge < -0.3 is 10.8 Å². The standard InChI is InChI=1S/C14H21NO/c1-10-6-7-11(2)13-12(10)5-3-4-8-14(13,16)9-15/h6-7,16H,3-5,8-9,15H2,1-2H3. The molecule has 88 valence electrons. The Hall–Kier alpha value is -0.860. The molecule has 0 fully saturated rings. The first-order valence-corrected chi connectivity index (χ1v) is 6.10. The van der Waals surface area contributed by atoms with Crippen molar-refractivity contribution in [3.8, 4) is 0 Å². The Kier molecular flexibility index (Phi) is 3.04. The predicted molar refractivity (Wildman–Crippen MR) is 66.4 cm³/mol. The molecule has 0 aromatic heterocycles. The highest BCUT2D eigenvalue weighted by molar-refractivity contribution is 5.44. The molecule has 0 saturated carbocycles. The molecule has 1 unspecified atom stereocenters. The Bertz CT molecular complexity index is 400. The number of nitrogens with two attached hydrogens (primary N) is 1. The summed E-state index contributed by atoms with van der Waals surface area (Å²) < 4.78 is 0. The first-order chi connectivity index (χ1) is 7.58. The number of aryl methyl sites for hydroxylation is 2. The third-order valence-corrected chi connectivity index (χ3v) is 3.83. The van der Waals surface area contributed by atoms with Crippen LogP contribution in [-0.2, 0) is 12.0 Å². The van der Waals surface area contributed by atoms with Crippen molar-refractivity contribution in [2.75, 3.05) is 6.54 Å². The molecule has 2 heteroatoms. The van der Waals surface area contributed by atoms with E-state index in [1.165, 1.54) is 16.7 Å². The van der Waals surface area contributed by atoms with Gasteiger partial charge >= 0.3 is 0 Å². The maximum absolute atomic E-state index is 10.7. The molecule has 1 aromatic carbocycles. The van der Waals surface area contributed by atoms with Gasteiger partial charge in [0.25, 0.3) is 0 Å². The van der Waals surface area contributed by atoms with E-state index >= 15 is 0 Å². The first-order valence-electron chi connectivity index (χ1n) is 6.10. The number of hydrogen-bond donors (Lipinski definition) is 2. The second-order valence-electron chi connectivity index (χ2n) is 5.00. The molecule has 0 bridgehead atoms. The molecule has 0 spiro atoms. The second kappa shape index (κ2) is 4.19. The Morgan fingerprint density at radius 1 is 1.25 bits per heavy atom. The largest absolute Gasteiger partial charge is 0.384 e.